The van der Waals surface area contributed by atoms with E-state index in [1.54, 1.807) is 7.11 Å². The summed E-state index contributed by atoms with van der Waals surface area (Å²) in [6, 6.07) is 10.3. The molecule has 2 aromatic rings. The lowest BCUT2D eigenvalue weighted by Crippen LogP contribution is -2.23. The van der Waals surface area contributed by atoms with Gasteiger partial charge in [0.15, 0.2) is 0 Å². The summed E-state index contributed by atoms with van der Waals surface area (Å²) in [5, 5.41) is 1.14. The maximum Gasteiger partial charge on any atom is 0.133 e. The van der Waals surface area contributed by atoms with E-state index in [9.17, 15) is 0 Å². The Hall–Kier alpha value is -1.65. The molecule has 0 bridgehead atoms. The highest BCUT2D eigenvalue weighted by molar-refractivity contribution is 5.81. The Morgan fingerprint density at radius 3 is 2.84 bits per heavy atom. The smallest absolute Gasteiger partial charge is 0.133 e. The van der Waals surface area contributed by atoms with Crippen molar-refractivity contribution in [1.29, 1.82) is 0 Å². The minimum atomic E-state index is 0.502. The third-order valence-electron chi connectivity index (χ3n) is 3.20. The van der Waals surface area contributed by atoms with Crippen LogP contribution in [0.3, 0.4) is 0 Å². The zero-order valence-electron chi connectivity index (χ0n) is 11.6. The van der Waals surface area contributed by atoms with E-state index in [1.165, 1.54) is 0 Å². The van der Waals surface area contributed by atoms with Gasteiger partial charge in [-0.15, -0.1) is 0 Å². The van der Waals surface area contributed by atoms with Crippen LogP contribution in [0.2, 0.25) is 0 Å². The molecular weight excluding hydrogens is 238 g/mol. The number of hydrogen-bond donors (Lipinski definition) is 1. The fourth-order valence-electron chi connectivity index (χ4n) is 2.18. The van der Waals surface area contributed by atoms with Gasteiger partial charge in [-0.25, -0.2) is 4.98 Å². The second kappa shape index (κ2) is 6.50. The molecule has 4 nitrogen and oxygen atoms in total. The van der Waals surface area contributed by atoms with Crippen molar-refractivity contribution < 1.29 is 4.74 Å². The van der Waals surface area contributed by atoms with E-state index in [1.807, 2.05) is 25.2 Å². The van der Waals surface area contributed by atoms with E-state index in [4.69, 9.17) is 15.5 Å². The number of methoxy groups -OCH3 is 1. The maximum absolute atomic E-state index is 5.84. The van der Waals surface area contributed by atoms with Crippen molar-refractivity contribution in [3.8, 4) is 0 Å². The number of aromatic nitrogens is 1. The molecule has 2 N–H and O–H groups in total. The summed E-state index contributed by atoms with van der Waals surface area (Å²) < 4.78 is 5.08. The Labute approximate surface area is 114 Å². The van der Waals surface area contributed by atoms with Gasteiger partial charge < -0.3 is 15.4 Å². The van der Waals surface area contributed by atoms with Gasteiger partial charge in [-0.2, -0.15) is 0 Å². The first-order valence-corrected chi connectivity index (χ1v) is 6.55. The monoisotopic (exact) mass is 259 g/mol. The van der Waals surface area contributed by atoms with E-state index in [0.717, 1.165) is 41.9 Å². The SMILES string of the molecule is COCCCN(C)c1nc2ccccc2cc1CN. The topological polar surface area (TPSA) is 51.4 Å². The molecule has 0 fully saturated rings. The molecule has 0 aliphatic rings. The molecule has 1 aromatic carbocycles. The van der Waals surface area contributed by atoms with Gasteiger partial charge >= 0.3 is 0 Å². The summed E-state index contributed by atoms with van der Waals surface area (Å²) in [5.41, 5.74) is 7.93. The molecule has 102 valence electrons. The quantitative estimate of drug-likeness (QED) is 0.808. The normalized spacial score (nSPS) is 10.9. The van der Waals surface area contributed by atoms with Crippen molar-refractivity contribution in [2.45, 2.75) is 13.0 Å². The van der Waals surface area contributed by atoms with Gasteiger partial charge in [0.25, 0.3) is 0 Å². The lowest BCUT2D eigenvalue weighted by Gasteiger charge is -2.21. The van der Waals surface area contributed by atoms with Crippen LogP contribution in [0.5, 0.6) is 0 Å². The zero-order chi connectivity index (χ0) is 13.7. The molecule has 2 rings (SSSR count). The zero-order valence-corrected chi connectivity index (χ0v) is 11.6. The number of fused-ring (bicyclic) bond motifs is 1. The summed E-state index contributed by atoms with van der Waals surface area (Å²) in [6.07, 6.45) is 0.978. The van der Waals surface area contributed by atoms with Gasteiger partial charge in [0.2, 0.25) is 0 Å². The Balaban J connectivity index is 2.29. The molecule has 0 aliphatic heterocycles. The van der Waals surface area contributed by atoms with Gasteiger partial charge in [0.05, 0.1) is 5.52 Å². The second-order valence-corrected chi connectivity index (χ2v) is 4.64. The number of ether oxygens (including phenoxy) is 1. The molecule has 0 aliphatic carbocycles. The van der Waals surface area contributed by atoms with Crippen molar-refractivity contribution in [3.63, 3.8) is 0 Å². The van der Waals surface area contributed by atoms with Crippen molar-refractivity contribution in [2.24, 2.45) is 5.73 Å². The van der Waals surface area contributed by atoms with Crippen molar-refractivity contribution >= 4 is 16.7 Å². The number of pyridine rings is 1. The van der Waals surface area contributed by atoms with Crippen molar-refractivity contribution in [2.75, 3.05) is 32.2 Å². The first-order chi connectivity index (χ1) is 9.26. The van der Waals surface area contributed by atoms with Crippen LogP contribution in [0.1, 0.15) is 12.0 Å². The summed E-state index contributed by atoms with van der Waals surface area (Å²) >= 11 is 0. The predicted octanol–water partition coefficient (Wildman–Crippen LogP) is 2.17. The van der Waals surface area contributed by atoms with Gasteiger partial charge in [-0.05, 0) is 18.6 Å². The fourth-order valence-corrected chi connectivity index (χ4v) is 2.18. The Morgan fingerprint density at radius 1 is 1.32 bits per heavy atom. The summed E-state index contributed by atoms with van der Waals surface area (Å²) in [4.78, 5) is 6.88. The van der Waals surface area contributed by atoms with E-state index in [2.05, 4.69) is 17.0 Å². The highest BCUT2D eigenvalue weighted by atomic mass is 16.5. The molecule has 0 unspecified atom stereocenters. The number of hydrogen-bond acceptors (Lipinski definition) is 4. The van der Waals surface area contributed by atoms with Crippen LogP contribution in [0, 0.1) is 0 Å². The number of rotatable bonds is 6. The predicted molar refractivity (Wildman–Crippen MR) is 79.4 cm³/mol. The number of para-hydroxylation sites is 1. The van der Waals surface area contributed by atoms with Gasteiger partial charge in [0, 0.05) is 44.8 Å². The van der Waals surface area contributed by atoms with Crippen LogP contribution < -0.4 is 10.6 Å². The first kappa shape index (κ1) is 13.8. The number of benzene rings is 1. The minimum Gasteiger partial charge on any atom is -0.385 e. The van der Waals surface area contributed by atoms with Crippen molar-refractivity contribution in [1.82, 2.24) is 4.98 Å². The number of nitrogens with two attached hydrogens (primary N) is 1. The van der Waals surface area contributed by atoms with Crippen LogP contribution in [-0.4, -0.2) is 32.3 Å². The van der Waals surface area contributed by atoms with E-state index in [0.29, 0.717) is 6.54 Å². The molecule has 4 heteroatoms. The summed E-state index contributed by atoms with van der Waals surface area (Å²) in [5.74, 6) is 0.970. The van der Waals surface area contributed by atoms with Crippen LogP contribution in [0.15, 0.2) is 30.3 Å². The Kier molecular flexibility index (Phi) is 4.71. The lowest BCUT2D eigenvalue weighted by molar-refractivity contribution is 0.196. The highest BCUT2D eigenvalue weighted by Crippen LogP contribution is 2.22. The number of nitrogens with zero attached hydrogens (tertiary/aromatic N) is 2. The van der Waals surface area contributed by atoms with E-state index < -0.39 is 0 Å². The average molecular weight is 259 g/mol. The standard InChI is InChI=1S/C15H21N3O/c1-18(8-5-9-19-2)15-13(11-16)10-12-6-3-4-7-14(12)17-15/h3-4,6-7,10H,5,8-9,11,16H2,1-2H3. The highest BCUT2D eigenvalue weighted by Gasteiger charge is 2.09. The largest absolute Gasteiger partial charge is 0.385 e. The molecule has 0 amide bonds. The van der Waals surface area contributed by atoms with Crippen molar-refractivity contribution in [3.05, 3.63) is 35.9 Å². The van der Waals surface area contributed by atoms with Crippen LogP contribution in [-0.2, 0) is 11.3 Å². The summed E-state index contributed by atoms with van der Waals surface area (Å²) in [7, 11) is 3.77. The molecule has 0 saturated carbocycles. The third kappa shape index (κ3) is 3.22. The molecule has 0 atom stereocenters. The molecule has 0 spiro atoms. The molecule has 1 aromatic heterocycles. The van der Waals surface area contributed by atoms with E-state index >= 15 is 0 Å². The fraction of sp³-hybridized carbons (Fsp3) is 0.400. The van der Waals surface area contributed by atoms with E-state index in [-0.39, 0.29) is 0 Å². The van der Waals surface area contributed by atoms with Gasteiger partial charge in [-0.3, -0.25) is 0 Å². The maximum atomic E-state index is 5.84. The van der Waals surface area contributed by atoms with Gasteiger partial charge in [-0.1, -0.05) is 18.2 Å². The van der Waals surface area contributed by atoms with Crippen LogP contribution in [0.4, 0.5) is 5.82 Å². The van der Waals surface area contributed by atoms with Crippen LogP contribution in [0.25, 0.3) is 10.9 Å². The second-order valence-electron chi connectivity index (χ2n) is 4.64. The molecule has 0 radical (unpaired) electrons. The Morgan fingerprint density at radius 2 is 2.11 bits per heavy atom. The van der Waals surface area contributed by atoms with Gasteiger partial charge in [0.1, 0.15) is 5.82 Å². The average Bonchev–Trinajstić information content (AvgIpc) is 2.46. The third-order valence-corrected chi connectivity index (χ3v) is 3.20. The molecule has 1 heterocycles. The number of anilines is 1. The summed E-state index contributed by atoms with van der Waals surface area (Å²) in [6.45, 7) is 2.17. The minimum absolute atomic E-state index is 0.502. The molecular formula is C15H21N3O. The van der Waals surface area contributed by atoms with Crippen LogP contribution >= 0.6 is 0 Å². The molecule has 0 saturated heterocycles. The lowest BCUT2D eigenvalue weighted by atomic mass is 10.1. The Bertz CT molecular complexity index is 542. The first-order valence-electron chi connectivity index (χ1n) is 6.55. The molecule has 19 heavy (non-hydrogen) atoms.